The van der Waals surface area contributed by atoms with Gasteiger partial charge in [0.2, 0.25) is 0 Å². The summed E-state index contributed by atoms with van der Waals surface area (Å²) in [5, 5.41) is 0.768. The molecule has 0 unspecified atom stereocenters. The molecule has 8 heteroatoms. The van der Waals surface area contributed by atoms with Crippen LogP contribution < -0.4 is 4.90 Å². The third-order valence-corrected chi connectivity index (χ3v) is 8.15. The van der Waals surface area contributed by atoms with E-state index in [1.54, 1.807) is 11.8 Å². The minimum atomic E-state index is -0.201. The molecule has 194 valence electrons. The molecule has 2 heterocycles. The summed E-state index contributed by atoms with van der Waals surface area (Å²) in [4.78, 5) is 21.7. The Balaban J connectivity index is 1.17. The number of hydrogen-bond acceptors (Lipinski definition) is 6. The van der Waals surface area contributed by atoms with Gasteiger partial charge in [-0.2, -0.15) is 0 Å². The SMILES string of the molecule is C[C@H](C=CF)CCC(=O)OCCN1CCN(CCCN2c3ccccc3Sc3ccc(Cl)cc32)CC1. The summed E-state index contributed by atoms with van der Waals surface area (Å²) in [5.41, 5.74) is 2.45. The van der Waals surface area contributed by atoms with Crippen molar-refractivity contribution in [3.05, 3.63) is 59.9 Å². The Bertz CT molecular complexity index is 1050. The van der Waals surface area contributed by atoms with E-state index < -0.39 is 0 Å². The van der Waals surface area contributed by atoms with E-state index in [4.69, 9.17) is 16.3 Å². The van der Waals surface area contributed by atoms with Gasteiger partial charge in [0, 0.05) is 60.5 Å². The summed E-state index contributed by atoms with van der Waals surface area (Å²) in [6.45, 7) is 9.08. The number of hydrogen-bond donors (Lipinski definition) is 0. The molecule has 5 nitrogen and oxygen atoms in total. The first-order valence-corrected chi connectivity index (χ1v) is 13.9. The standard InChI is InChI=1S/C28H35ClFN3O2S/c1-22(11-12-30)7-10-28(34)35-20-19-32-17-15-31(16-18-32)13-4-14-33-24-5-2-3-6-26(24)36-27-9-8-23(29)21-25(27)33/h2-3,5-6,8-9,11-12,21-22H,4,7,10,13-20H2,1H3/t22-/m0/s1. The number of esters is 1. The second-order valence-electron chi connectivity index (χ2n) is 9.43. The van der Waals surface area contributed by atoms with Gasteiger partial charge in [-0.15, -0.1) is 0 Å². The van der Waals surface area contributed by atoms with E-state index in [1.165, 1.54) is 27.2 Å². The van der Waals surface area contributed by atoms with E-state index in [9.17, 15) is 9.18 Å². The number of rotatable bonds is 11. The monoisotopic (exact) mass is 531 g/mol. The fraction of sp³-hybridized carbons (Fsp3) is 0.464. The van der Waals surface area contributed by atoms with Crippen molar-refractivity contribution in [3.63, 3.8) is 0 Å². The number of allylic oxidation sites excluding steroid dienone is 1. The van der Waals surface area contributed by atoms with E-state index in [1.807, 2.05) is 13.0 Å². The summed E-state index contributed by atoms with van der Waals surface area (Å²) >= 11 is 8.15. The van der Waals surface area contributed by atoms with Gasteiger partial charge in [-0.3, -0.25) is 9.69 Å². The average molecular weight is 532 g/mol. The van der Waals surface area contributed by atoms with Gasteiger partial charge >= 0.3 is 5.97 Å². The molecule has 0 spiro atoms. The zero-order valence-electron chi connectivity index (χ0n) is 20.9. The molecular formula is C28H35ClFN3O2S. The topological polar surface area (TPSA) is 36.0 Å². The van der Waals surface area contributed by atoms with E-state index in [0.717, 1.165) is 57.3 Å². The van der Waals surface area contributed by atoms with E-state index in [2.05, 4.69) is 51.1 Å². The lowest BCUT2D eigenvalue weighted by atomic mass is 10.1. The molecule has 2 aromatic rings. The zero-order chi connectivity index (χ0) is 25.3. The van der Waals surface area contributed by atoms with Gasteiger partial charge in [0.1, 0.15) is 6.61 Å². The lowest BCUT2D eigenvalue weighted by Crippen LogP contribution is -2.47. The number of nitrogens with zero attached hydrogens (tertiary/aromatic N) is 3. The molecule has 2 aromatic carbocycles. The highest BCUT2D eigenvalue weighted by Crippen LogP contribution is 2.48. The van der Waals surface area contributed by atoms with Crippen LogP contribution in [-0.2, 0) is 9.53 Å². The molecule has 0 radical (unpaired) electrons. The van der Waals surface area contributed by atoms with Crippen molar-refractivity contribution in [1.82, 2.24) is 9.80 Å². The summed E-state index contributed by atoms with van der Waals surface area (Å²) < 4.78 is 17.5. The highest BCUT2D eigenvalue weighted by molar-refractivity contribution is 7.99. The first-order valence-electron chi connectivity index (χ1n) is 12.7. The van der Waals surface area contributed by atoms with Crippen LogP contribution in [0.5, 0.6) is 0 Å². The van der Waals surface area contributed by atoms with Crippen molar-refractivity contribution in [2.45, 2.75) is 36.0 Å². The number of fused-ring (bicyclic) bond motifs is 2. The molecule has 4 rings (SSSR count). The molecule has 0 N–H and O–H groups in total. The summed E-state index contributed by atoms with van der Waals surface area (Å²) in [5.74, 6) is -0.153. The molecule has 2 aliphatic rings. The van der Waals surface area contributed by atoms with Gasteiger partial charge in [-0.25, -0.2) is 4.39 Å². The van der Waals surface area contributed by atoms with Gasteiger partial charge in [0.25, 0.3) is 0 Å². The molecule has 0 amide bonds. The summed E-state index contributed by atoms with van der Waals surface area (Å²) in [7, 11) is 0. The predicted octanol–water partition coefficient (Wildman–Crippen LogP) is 6.39. The fourth-order valence-corrected chi connectivity index (χ4v) is 5.90. The van der Waals surface area contributed by atoms with Crippen LogP contribution in [0.3, 0.4) is 0 Å². The van der Waals surface area contributed by atoms with Gasteiger partial charge in [0.15, 0.2) is 0 Å². The lowest BCUT2D eigenvalue weighted by Gasteiger charge is -2.36. The molecule has 0 aliphatic carbocycles. The number of carbonyl (C=O) groups excluding carboxylic acids is 1. The Morgan fingerprint density at radius 1 is 1.06 bits per heavy atom. The Hall–Kier alpha value is -2.06. The maximum Gasteiger partial charge on any atom is 0.305 e. The lowest BCUT2D eigenvalue weighted by molar-refractivity contribution is -0.144. The molecule has 1 fully saturated rings. The smallest absolute Gasteiger partial charge is 0.305 e. The van der Waals surface area contributed by atoms with Crippen LogP contribution in [0.25, 0.3) is 0 Å². The Morgan fingerprint density at radius 2 is 1.78 bits per heavy atom. The summed E-state index contributed by atoms with van der Waals surface area (Å²) in [6, 6.07) is 14.7. The van der Waals surface area contributed by atoms with Crippen LogP contribution in [0.2, 0.25) is 5.02 Å². The number of halogens is 2. The number of benzene rings is 2. The number of carbonyl (C=O) groups is 1. The maximum absolute atomic E-state index is 12.2. The van der Waals surface area contributed by atoms with Crippen molar-refractivity contribution < 1.29 is 13.9 Å². The van der Waals surface area contributed by atoms with Crippen molar-refractivity contribution in [3.8, 4) is 0 Å². The van der Waals surface area contributed by atoms with Crippen molar-refractivity contribution in [1.29, 1.82) is 0 Å². The van der Waals surface area contributed by atoms with Gasteiger partial charge in [-0.1, -0.05) is 48.5 Å². The number of anilines is 2. The van der Waals surface area contributed by atoms with E-state index >= 15 is 0 Å². The third kappa shape index (κ3) is 7.48. The highest BCUT2D eigenvalue weighted by Gasteiger charge is 2.24. The first-order chi connectivity index (χ1) is 17.5. The summed E-state index contributed by atoms with van der Waals surface area (Å²) in [6.07, 6.45) is 4.01. The quantitative estimate of drug-likeness (QED) is 0.312. The van der Waals surface area contributed by atoms with Gasteiger partial charge in [0.05, 0.1) is 17.7 Å². The van der Waals surface area contributed by atoms with E-state index in [-0.39, 0.29) is 11.9 Å². The van der Waals surface area contributed by atoms with Crippen LogP contribution in [-0.4, -0.2) is 68.2 Å². The van der Waals surface area contributed by atoms with Crippen molar-refractivity contribution >= 4 is 40.7 Å². The molecule has 0 bridgehead atoms. The minimum absolute atomic E-state index is 0.0479. The first kappa shape index (κ1) is 27.0. The Kier molecular flexibility index (Phi) is 10.1. The van der Waals surface area contributed by atoms with Gasteiger partial charge < -0.3 is 14.5 Å². The van der Waals surface area contributed by atoms with E-state index in [0.29, 0.717) is 25.8 Å². The van der Waals surface area contributed by atoms with Crippen LogP contribution in [0.1, 0.15) is 26.2 Å². The van der Waals surface area contributed by atoms with Crippen LogP contribution >= 0.6 is 23.4 Å². The number of piperazine rings is 1. The fourth-order valence-electron chi connectivity index (χ4n) is 4.66. The molecular weight excluding hydrogens is 497 g/mol. The maximum atomic E-state index is 12.2. The molecule has 2 aliphatic heterocycles. The second-order valence-corrected chi connectivity index (χ2v) is 10.9. The van der Waals surface area contributed by atoms with Crippen LogP contribution in [0, 0.1) is 5.92 Å². The molecule has 36 heavy (non-hydrogen) atoms. The number of para-hydroxylation sites is 1. The molecule has 1 atom stereocenters. The second kappa shape index (κ2) is 13.5. The Labute approximate surface area is 223 Å². The third-order valence-electron chi connectivity index (χ3n) is 6.78. The highest BCUT2D eigenvalue weighted by atomic mass is 35.5. The number of ether oxygens (including phenoxy) is 1. The minimum Gasteiger partial charge on any atom is -0.464 e. The average Bonchev–Trinajstić information content (AvgIpc) is 2.88. The molecule has 0 saturated carbocycles. The zero-order valence-corrected chi connectivity index (χ0v) is 22.4. The van der Waals surface area contributed by atoms with Crippen LogP contribution in [0.4, 0.5) is 15.8 Å². The Morgan fingerprint density at radius 3 is 2.56 bits per heavy atom. The van der Waals surface area contributed by atoms with Crippen molar-refractivity contribution in [2.24, 2.45) is 5.92 Å². The predicted molar refractivity (Wildman–Crippen MR) is 146 cm³/mol. The van der Waals surface area contributed by atoms with Crippen molar-refractivity contribution in [2.75, 3.05) is 57.3 Å². The molecule has 0 aromatic heterocycles. The van der Waals surface area contributed by atoms with Gasteiger partial charge in [-0.05, 0) is 55.6 Å². The normalized spacial score (nSPS) is 17.1. The largest absolute Gasteiger partial charge is 0.464 e. The molecule has 1 saturated heterocycles. The van der Waals surface area contributed by atoms with Crippen LogP contribution in [0.15, 0.2) is 64.7 Å².